The van der Waals surface area contributed by atoms with Crippen molar-refractivity contribution in [1.29, 1.82) is 0 Å². The number of likely N-dealkylation sites (N-methyl/N-ethyl adjacent to an activating group) is 1. The molecular weight excluding hydrogens is 735 g/mol. The van der Waals surface area contributed by atoms with Crippen LogP contribution in [0.5, 0.6) is 0 Å². The lowest BCUT2D eigenvalue weighted by molar-refractivity contribution is -0.309. The highest BCUT2D eigenvalue weighted by molar-refractivity contribution is 5.91. The van der Waals surface area contributed by atoms with E-state index in [0.29, 0.717) is 39.3 Å². The van der Waals surface area contributed by atoms with E-state index in [0.717, 1.165) is 36.7 Å². The molecule has 57 heavy (non-hydrogen) atoms. The molecular formula is C44H67FN2O10. The number of hydrogen-bond acceptors (Lipinski definition) is 12. The number of aldehydes is 1. The molecule has 1 aromatic rings. The van der Waals surface area contributed by atoms with Crippen molar-refractivity contribution in [1.82, 2.24) is 9.80 Å². The first-order valence-corrected chi connectivity index (χ1v) is 20.8. The van der Waals surface area contributed by atoms with E-state index in [1.807, 2.05) is 52.8 Å². The number of cyclic esters (lactones) is 1. The molecule has 3 heterocycles. The summed E-state index contributed by atoms with van der Waals surface area (Å²) in [6.07, 6.45) is 2.95. The van der Waals surface area contributed by atoms with Gasteiger partial charge in [-0.15, -0.1) is 0 Å². The summed E-state index contributed by atoms with van der Waals surface area (Å²) in [5, 5.41) is 23.5. The second kappa shape index (κ2) is 23.1. The maximum Gasteiger partial charge on any atom is 0.308 e. The number of halogens is 1. The topological polar surface area (TPSA) is 144 Å². The Labute approximate surface area is 338 Å². The van der Waals surface area contributed by atoms with Crippen molar-refractivity contribution < 1.29 is 52.7 Å². The van der Waals surface area contributed by atoms with Crippen LogP contribution in [0.15, 0.2) is 48.1 Å². The number of hydrogen-bond donors (Lipinski definition) is 2. The summed E-state index contributed by atoms with van der Waals surface area (Å²) in [7, 11) is 3.69. The van der Waals surface area contributed by atoms with Crippen molar-refractivity contribution >= 4 is 18.0 Å². The van der Waals surface area contributed by atoms with Gasteiger partial charge in [-0.1, -0.05) is 50.6 Å². The van der Waals surface area contributed by atoms with Crippen LogP contribution in [0.1, 0.15) is 78.7 Å². The van der Waals surface area contributed by atoms with Gasteiger partial charge in [0, 0.05) is 38.0 Å². The zero-order valence-electron chi connectivity index (χ0n) is 35.0. The molecule has 0 radical (unpaired) electrons. The Morgan fingerprint density at radius 3 is 2.37 bits per heavy atom. The zero-order chi connectivity index (χ0) is 41.6. The average Bonchev–Trinajstić information content (AvgIpc) is 3.18. The number of unbranched alkanes of at least 4 members (excludes halogenated alkanes) is 1. The Bertz CT molecular complexity index is 1470. The highest BCUT2D eigenvalue weighted by Crippen LogP contribution is 2.35. The van der Waals surface area contributed by atoms with Crippen LogP contribution in [0.3, 0.4) is 0 Å². The van der Waals surface area contributed by atoms with Gasteiger partial charge in [-0.25, -0.2) is 4.39 Å². The number of aliphatic hydroxyl groups excluding tert-OH is 2. The minimum Gasteiger partial charge on any atom is -0.460 e. The summed E-state index contributed by atoms with van der Waals surface area (Å²) >= 11 is 0. The summed E-state index contributed by atoms with van der Waals surface area (Å²) in [5.41, 5.74) is 1.89. The van der Waals surface area contributed by atoms with Crippen molar-refractivity contribution in [3.05, 3.63) is 59.4 Å². The Kier molecular flexibility index (Phi) is 18.9. The minimum atomic E-state index is -1.24. The number of carbonyl (C=O) groups excluding carboxylic acids is 3. The average molecular weight is 803 g/mol. The van der Waals surface area contributed by atoms with Crippen LogP contribution in [0.25, 0.3) is 0 Å². The molecule has 12 atom stereocenters. The first-order valence-electron chi connectivity index (χ1n) is 20.8. The van der Waals surface area contributed by atoms with Gasteiger partial charge in [-0.2, -0.15) is 0 Å². The zero-order valence-corrected chi connectivity index (χ0v) is 35.0. The molecule has 12 nitrogen and oxygen atoms in total. The Hall–Kier alpha value is -2.88. The predicted molar refractivity (Wildman–Crippen MR) is 214 cm³/mol. The molecule has 0 amide bonds. The van der Waals surface area contributed by atoms with E-state index in [-0.39, 0.29) is 36.9 Å². The summed E-state index contributed by atoms with van der Waals surface area (Å²) in [5.74, 6) is -2.74. The van der Waals surface area contributed by atoms with Gasteiger partial charge in [0.25, 0.3) is 0 Å². The lowest BCUT2D eigenvalue weighted by Gasteiger charge is -2.48. The second-order valence-electron chi connectivity index (χ2n) is 16.3. The smallest absolute Gasteiger partial charge is 0.308 e. The summed E-state index contributed by atoms with van der Waals surface area (Å²) in [6, 6.07) is 5.67. The molecule has 320 valence electrons. The number of rotatable bonds is 13. The molecule has 0 aromatic heterocycles. The van der Waals surface area contributed by atoms with Crippen LogP contribution in [-0.4, -0.2) is 140 Å². The van der Waals surface area contributed by atoms with E-state index in [1.54, 1.807) is 31.2 Å². The van der Waals surface area contributed by atoms with E-state index in [4.69, 9.17) is 23.7 Å². The normalized spacial score (nSPS) is 35.7. The highest BCUT2D eigenvalue weighted by Gasteiger charge is 2.48. The van der Waals surface area contributed by atoms with E-state index in [1.165, 1.54) is 12.1 Å². The number of benzene rings is 1. The third-order valence-electron chi connectivity index (χ3n) is 11.7. The molecule has 4 rings (SSSR count). The van der Waals surface area contributed by atoms with Gasteiger partial charge in [-0.3, -0.25) is 14.5 Å². The fourth-order valence-corrected chi connectivity index (χ4v) is 8.34. The minimum absolute atomic E-state index is 0.0186. The largest absolute Gasteiger partial charge is 0.460 e. The molecule has 0 saturated carbocycles. The van der Waals surface area contributed by atoms with Crippen molar-refractivity contribution in [3.63, 3.8) is 0 Å². The fourth-order valence-electron chi connectivity index (χ4n) is 8.34. The van der Waals surface area contributed by atoms with Gasteiger partial charge in [0.15, 0.2) is 12.1 Å². The lowest BCUT2D eigenvalue weighted by atomic mass is 9.79. The molecule has 2 saturated heterocycles. The molecule has 1 aromatic carbocycles. The Morgan fingerprint density at radius 2 is 1.72 bits per heavy atom. The summed E-state index contributed by atoms with van der Waals surface area (Å²) < 4.78 is 44.3. The number of morpholine rings is 1. The number of carbonyl (C=O) groups is 3. The van der Waals surface area contributed by atoms with Gasteiger partial charge in [0.05, 0.1) is 50.0 Å². The number of allylic oxidation sites excluding steroid dienone is 3. The number of esters is 1. The number of nitrogens with zero attached hydrogens (tertiary/aromatic N) is 2. The second-order valence-corrected chi connectivity index (χ2v) is 16.3. The summed E-state index contributed by atoms with van der Waals surface area (Å²) in [4.78, 5) is 43.4. The quantitative estimate of drug-likeness (QED) is 0.162. The van der Waals surface area contributed by atoms with E-state index < -0.39 is 72.7 Å². The van der Waals surface area contributed by atoms with Crippen LogP contribution >= 0.6 is 0 Å². The molecule has 0 aliphatic carbocycles. The van der Waals surface area contributed by atoms with Crippen LogP contribution in [0.4, 0.5) is 4.39 Å². The number of aliphatic hydroxyl groups is 2. The fraction of sp³-hybridized carbons (Fsp3) is 0.705. The lowest BCUT2D eigenvalue weighted by Crippen LogP contribution is -2.64. The third kappa shape index (κ3) is 13.6. The maximum absolute atomic E-state index is 13.6. The van der Waals surface area contributed by atoms with Gasteiger partial charge in [0.2, 0.25) is 0 Å². The Balaban J connectivity index is 1.55. The summed E-state index contributed by atoms with van der Waals surface area (Å²) in [6.45, 7) is 12.1. The number of ketones is 1. The van der Waals surface area contributed by atoms with E-state index in [9.17, 15) is 29.0 Å². The molecule has 3 aliphatic heterocycles. The molecule has 0 spiro atoms. The van der Waals surface area contributed by atoms with Crippen molar-refractivity contribution in [3.8, 4) is 0 Å². The highest BCUT2D eigenvalue weighted by atomic mass is 19.1. The van der Waals surface area contributed by atoms with Gasteiger partial charge >= 0.3 is 5.97 Å². The Morgan fingerprint density at radius 1 is 1.02 bits per heavy atom. The first-order chi connectivity index (χ1) is 27.2. The van der Waals surface area contributed by atoms with E-state index >= 15 is 0 Å². The number of aryl methyl sites for hydroxylation is 1. The third-order valence-corrected chi connectivity index (χ3v) is 11.7. The molecule has 3 aliphatic rings. The monoisotopic (exact) mass is 802 g/mol. The van der Waals surface area contributed by atoms with Crippen LogP contribution < -0.4 is 0 Å². The molecule has 0 bridgehead atoms. The standard InChI is InChI=1S/C44H67FN2O10/c1-8-38-35(47-19-23-53-24-20-47)25-28(2)12-17-36(49)29(3)26-33(18-21-48)42(30(4)37(50)27-39(51)56-38)57-44-41(52)40(46(6)7)43(31(5)55-44)54-22-10-9-11-32-13-15-34(45)16-14-32/h12-17,21,25,29-31,33,35,37-38,40-44,50,52H,8-11,18-20,22-24,26-27H2,1-7H3/b17-12+,28-25+/t29-,30+,31-,33+,35+,37-,38-,40-,41-,42-,43-,44+/m1/s1. The van der Waals surface area contributed by atoms with E-state index in [2.05, 4.69) is 4.90 Å². The van der Waals surface area contributed by atoms with Crippen LogP contribution in [0.2, 0.25) is 0 Å². The molecule has 13 heteroatoms. The first kappa shape index (κ1) is 46.8. The van der Waals surface area contributed by atoms with Crippen molar-refractivity contribution in [2.45, 2.75) is 135 Å². The van der Waals surface area contributed by atoms with Gasteiger partial charge in [-0.05, 0) is 89.7 Å². The maximum atomic E-state index is 13.6. The molecule has 2 fully saturated rings. The van der Waals surface area contributed by atoms with Crippen LogP contribution in [-0.2, 0) is 44.5 Å². The number of ether oxygens (including phenoxy) is 5. The molecule has 0 unspecified atom stereocenters. The molecule has 2 N–H and O–H groups in total. The van der Waals surface area contributed by atoms with Crippen molar-refractivity contribution in [2.75, 3.05) is 47.0 Å². The predicted octanol–water partition coefficient (Wildman–Crippen LogP) is 4.68. The van der Waals surface area contributed by atoms with Crippen molar-refractivity contribution in [2.24, 2.45) is 17.8 Å². The van der Waals surface area contributed by atoms with Gasteiger partial charge in [0.1, 0.15) is 30.4 Å². The van der Waals surface area contributed by atoms with Gasteiger partial charge < -0.3 is 43.6 Å². The van der Waals surface area contributed by atoms with Crippen LogP contribution in [0, 0.1) is 23.6 Å². The SMILES string of the molecule is CC[C@H]1OC(=O)C[C@@H](O)[C@H](C)[C@@H](O[C@@H]2O[C@H](C)[C@@H](OCCCCc3ccc(F)cc3)[C@H](N(C)C)[C@H]2O)[C@@H](CC=O)C[C@@H](C)C(=O)/C=C/C(C)=C/[C@@H]1N1CCOCC1.